The normalized spacial score (nSPS) is 14.3. The standard InChI is InChI=1S/C29H26ClFN6O/c30-23-4-5-27(31)26(14-23)28-15-25(24-3-1-6-33-29(24)35-28)21-13-20(16-32-17-21)22-18-34-37(19-22)8-2-7-36-9-11-38-12-10-36/h1,3-6,13-19H,2,7-12H2. The lowest BCUT2D eigenvalue weighted by molar-refractivity contribution is 0.0368. The van der Waals surface area contributed by atoms with Gasteiger partial charge in [0.2, 0.25) is 0 Å². The summed E-state index contributed by atoms with van der Waals surface area (Å²) in [5.41, 5.74) is 5.00. The lowest BCUT2D eigenvalue weighted by atomic mass is 9.99. The fourth-order valence-corrected chi connectivity index (χ4v) is 4.96. The number of aryl methyl sites for hydroxylation is 1. The molecule has 1 aliphatic heterocycles. The number of nitrogens with zero attached hydrogens (tertiary/aromatic N) is 6. The summed E-state index contributed by atoms with van der Waals surface area (Å²) in [6.45, 7) is 5.50. The Hall–Kier alpha value is -3.72. The first-order chi connectivity index (χ1) is 18.6. The largest absolute Gasteiger partial charge is 0.379 e. The molecular formula is C29H26ClFN6O. The third-order valence-corrected chi connectivity index (χ3v) is 7.00. The van der Waals surface area contributed by atoms with Crippen molar-refractivity contribution in [2.75, 3.05) is 32.8 Å². The van der Waals surface area contributed by atoms with Crippen molar-refractivity contribution in [2.45, 2.75) is 13.0 Å². The predicted octanol–water partition coefficient (Wildman–Crippen LogP) is 5.74. The van der Waals surface area contributed by atoms with Crippen LogP contribution in [0.5, 0.6) is 0 Å². The Labute approximate surface area is 224 Å². The Morgan fingerprint density at radius 1 is 0.921 bits per heavy atom. The molecule has 5 aromatic rings. The quantitative estimate of drug-likeness (QED) is 0.268. The van der Waals surface area contributed by atoms with Gasteiger partial charge in [0.1, 0.15) is 5.82 Å². The molecule has 1 fully saturated rings. The second-order valence-electron chi connectivity index (χ2n) is 9.32. The van der Waals surface area contributed by atoms with Gasteiger partial charge in [-0.3, -0.25) is 14.6 Å². The summed E-state index contributed by atoms with van der Waals surface area (Å²) in [7, 11) is 0. The molecule has 0 N–H and O–H groups in total. The fourth-order valence-electron chi connectivity index (χ4n) is 4.79. The molecule has 1 aromatic carbocycles. The van der Waals surface area contributed by atoms with E-state index in [4.69, 9.17) is 16.3 Å². The molecule has 0 atom stereocenters. The van der Waals surface area contributed by atoms with E-state index < -0.39 is 5.82 Å². The van der Waals surface area contributed by atoms with Gasteiger partial charge in [0.25, 0.3) is 0 Å². The van der Waals surface area contributed by atoms with Gasteiger partial charge in [-0.2, -0.15) is 5.10 Å². The highest BCUT2D eigenvalue weighted by molar-refractivity contribution is 6.30. The molecule has 192 valence electrons. The lowest BCUT2D eigenvalue weighted by Gasteiger charge is -2.26. The van der Waals surface area contributed by atoms with E-state index in [-0.39, 0.29) is 0 Å². The minimum absolute atomic E-state index is 0.328. The van der Waals surface area contributed by atoms with E-state index in [1.54, 1.807) is 18.5 Å². The van der Waals surface area contributed by atoms with Crippen molar-refractivity contribution < 1.29 is 9.13 Å². The lowest BCUT2D eigenvalue weighted by Crippen LogP contribution is -2.37. The number of benzene rings is 1. The van der Waals surface area contributed by atoms with Gasteiger partial charge in [0, 0.05) is 83.6 Å². The van der Waals surface area contributed by atoms with E-state index in [9.17, 15) is 4.39 Å². The molecule has 0 saturated carbocycles. The Kier molecular flexibility index (Phi) is 7.09. The maximum Gasteiger partial charge on any atom is 0.160 e. The molecule has 6 rings (SSSR count). The molecule has 0 bridgehead atoms. The Morgan fingerprint density at radius 3 is 2.68 bits per heavy atom. The van der Waals surface area contributed by atoms with E-state index in [1.807, 2.05) is 35.3 Å². The molecule has 38 heavy (non-hydrogen) atoms. The van der Waals surface area contributed by atoms with Crippen LogP contribution in [0.3, 0.4) is 0 Å². The first-order valence-electron chi connectivity index (χ1n) is 12.6. The summed E-state index contributed by atoms with van der Waals surface area (Å²) in [5, 5.41) is 5.87. The summed E-state index contributed by atoms with van der Waals surface area (Å²) in [5.74, 6) is -0.393. The SMILES string of the molecule is Fc1ccc(Cl)cc1-c1cc(-c2cncc(-c3cnn(CCCN4CCOCC4)c3)c2)c2cccnc2n1. The molecule has 0 spiro atoms. The molecule has 0 radical (unpaired) electrons. The van der Waals surface area contributed by atoms with Crippen molar-refractivity contribution in [3.8, 4) is 33.5 Å². The minimum atomic E-state index is -0.393. The zero-order chi connectivity index (χ0) is 25.9. The molecule has 1 aliphatic rings. The predicted molar refractivity (Wildman–Crippen MR) is 146 cm³/mol. The third-order valence-electron chi connectivity index (χ3n) is 6.77. The number of aromatic nitrogens is 5. The molecule has 0 unspecified atom stereocenters. The summed E-state index contributed by atoms with van der Waals surface area (Å²) >= 11 is 6.17. The maximum atomic E-state index is 14.7. The van der Waals surface area contributed by atoms with Crippen LogP contribution in [0.15, 0.2) is 73.4 Å². The molecular weight excluding hydrogens is 503 g/mol. The fraction of sp³-hybridized carbons (Fsp3) is 0.241. The molecule has 1 saturated heterocycles. The van der Waals surface area contributed by atoms with Gasteiger partial charge < -0.3 is 4.74 Å². The summed E-state index contributed by atoms with van der Waals surface area (Å²) in [4.78, 5) is 16.0. The van der Waals surface area contributed by atoms with Gasteiger partial charge in [0.05, 0.1) is 25.1 Å². The number of rotatable bonds is 7. The highest BCUT2D eigenvalue weighted by Crippen LogP contribution is 2.34. The van der Waals surface area contributed by atoms with Crippen molar-refractivity contribution in [3.05, 3.63) is 84.3 Å². The van der Waals surface area contributed by atoms with Gasteiger partial charge in [-0.15, -0.1) is 0 Å². The van der Waals surface area contributed by atoms with Crippen molar-refractivity contribution in [1.82, 2.24) is 29.6 Å². The molecule has 0 aliphatic carbocycles. The van der Waals surface area contributed by atoms with Gasteiger partial charge in [-0.05, 0) is 54.4 Å². The van der Waals surface area contributed by atoms with Crippen molar-refractivity contribution in [3.63, 3.8) is 0 Å². The topological polar surface area (TPSA) is 69.0 Å². The maximum absolute atomic E-state index is 14.7. The van der Waals surface area contributed by atoms with Crippen molar-refractivity contribution in [1.29, 1.82) is 0 Å². The van der Waals surface area contributed by atoms with Crippen molar-refractivity contribution in [2.24, 2.45) is 0 Å². The number of hydrogen-bond acceptors (Lipinski definition) is 6. The number of hydrogen-bond donors (Lipinski definition) is 0. The summed E-state index contributed by atoms with van der Waals surface area (Å²) in [6, 6.07) is 12.2. The van der Waals surface area contributed by atoms with Crippen LogP contribution in [0, 0.1) is 5.82 Å². The molecule has 4 aromatic heterocycles. The van der Waals surface area contributed by atoms with Crippen LogP contribution >= 0.6 is 11.6 Å². The van der Waals surface area contributed by atoms with E-state index in [2.05, 4.69) is 37.2 Å². The monoisotopic (exact) mass is 528 g/mol. The smallest absolute Gasteiger partial charge is 0.160 e. The van der Waals surface area contributed by atoms with Crippen molar-refractivity contribution >= 4 is 22.6 Å². The van der Waals surface area contributed by atoms with Crippen LogP contribution in [0.1, 0.15) is 6.42 Å². The first kappa shape index (κ1) is 24.6. The van der Waals surface area contributed by atoms with Gasteiger partial charge in [-0.1, -0.05) is 11.6 Å². The van der Waals surface area contributed by atoms with Gasteiger partial charge in [0.15, 0.2) is 5.65 Å². The van der Waals surface area contributed by atoms with E-state index >= 15 is 0 Å². The molecule has 5 heterocycles. The minimum Gasteiger partial charge on any atom is -0.379 e. The highest BCUT2D eigenvalue weighted by atomic mass is 35.5. The number of halogens is 2. The van der Waals surface area contributed by atoms with E-state index in [1.165, 1.54) is 12.1 Å². The van der Waals surface area contributed by atoms with Gasteiger partial charge in [-0.25, -0.2) is 14.4 Å². The number of morpholine rings is 1. The Bertz CT molecular complexity index is 1580. The van der Waals surface area contributed by atoms with E-state index in [0.717, 1.165) is 73.5 Å². The number of fused-ring (bicyclic) bond motifs is 1. The third kappa shape index (κ3) is 5.29. The van der Waals surface area contributed by atoms with Crippen LogP contribution in [-0.2, 0) is 11.3 Å². The zero-order valence-corrected chi connectivity index (χ0v) is 21.5. The Morgan fingerprint density at radius 2 is 1.79 bits per heavy atom. The summed E-state index contributed by atoms with van der Waals surface area (Å²) < 4.78 is 22.1. The average molecular weight is 529 g/mol. The number of pyridine rings is 3. The van der Waals surface area contributed by atoms with Crippen LogP contribution in [-0.4, -0.2) is 62.5 Å². The second-order valence-corrected chi connectivity index (χ2v) is 9.75. The molecule has 9 heteroatoms. The second kappa shape index (κ2) is 10.9. The van der Waals surface area contributed by atoms with Gasteiger partial charge >= 0.3 is 0 Å². The first-order valence-corrected chi connectivity index (χ1v) is 13.0. The number of ether oxygens (including phenoxy) is 1. The summed E-state index contributed by atoms with van der Waals surface area (Å²) in [6.07, 6.45) is 10.3. The van der Waals surface area contributed by atoms with E-state index in [0.29, 0.717) is 21.9 Å². The molecule has 0 amide bonds. The van der Waals surface area contributed by atoms with Crippen LogP contribution < -0.4 is 0 Å². The Balaban J connectivity index is 1.30. The highest BCUT2D eigenvalue weighted by Gasteiger charge is 2.15. The van der Waals surface area contributed by atoms with Crippen LogP contribution in [0.4, 0.5) is 4.39 Å². The van der Waals surface area contributed by atoms with Crippen LogP contribution in [0.2, 0.25) is 5.02 Å². The zero-order valence-electron chi connectivity index (χ0n) is 20.7. The average Bonchev–Trinajstić information content (AvgIpc) is 3.43. The van der Waals surface area contributed by atoms with Crippen LogP contribution in [0.25, 0.3) is 44.5 Å². The molecule has 7 nitrogen and oxygen atoms in total.